The van der Waals surface area contributed by atoms with Gasteiger partial charge in [-0.25, -0.2) is 15.0 Å². The van der Waals surface area contributed by atoms with Gasteiger partial charge >= 0.3 is 0 Å². The normalized spacial score (nSPS) is 18.1. The maximum Gasteiger partial charge on any atom is 0.131 e. The van der Waals surface area contributed by atoms with Crippen molar-refractivity contribution in [2.24, 2.45) is 0 Å². The number of nitrogens with zero attached hydrogens (tertiary/aromatic N) is 4. The Morgan fingerprint density at radius 2 is 1.89 bits per heavy atom. The van der Waals surface area contributed by atoms with E-state index in [0.717, 1.165) is 37.6 Å². The first-order valence-corrected chi connectivity index (χ1v) is 11.3. The van der Waals surface area contributed by atoms with Crippen molar-refractivity contribution < 1.29 is 0 Å². The Labute approximate surface area is 170 Å². The third-order valence-electron chi connectivity index (χ3n) is 6.06. The minimum atomic E-state index is 0.586. The summed E-state index contributed by atoms with van der Waals surface area (Å²) >= 11 is 1.76. The molecule has 5 rings (SSSR count). The smallest absolute Gasteiger partial charge is 0.131 e. The molecule has 0 atom stereocenters. The molecule has 28 heavy (non-hydrogen) atoms. The number of fused-ring (bicyclic) bond motifs is 1. The van der Waals surface area contributed by atoms with E-state index in [1.165, 1.54) is 53.8 Å². The van der Waals surface area contributed by atoms with Crippen molar-refractivity contribution in [1.29, 1.82) is 0 Å². The molecule has 0 bridgehead atoms. The van der Waals surface area contributed by atoms with Gasteiger partial charge in [0.2, 0.25) is 0 Å². The molecule has 3 aromatic rings. The number of hydrogen-bond acceptors (Lipinski definition) is 5. The molecule has 1 fully saturated rings. The van der Waals surface area contributed by atoms with E-state index >= 15 is 0 Å². The fraction of sp³-hybridized carbons (Fsp3) is 0.435. The predicted octanol–water partition coefficient (Wildman–Crippen LogP) is 5.21. The average molecular weight is 391 g/mol. The highest BCUT2D eigenvalue weighted by atomic mass is 32.1. The highest BCUT2D eigenvalue weighted by molar-refractivity contribution is 7.10. The van der Waals surface area contributed by atoms with Gasteiger partial charge in [0.05, 0.1) is 11.2 Å². The van der Waals surface area contributed by atoms with Crippen LogP contribution in [0.25, 0.3) is 11.3 Å². The summed E-state index contributed by atoms with van der Waals surface area (Å²) in [6.07, 6.45) is 9.69. The second kappa shape index (κ2) is 8.10. The van der Waals surface area contributed by atoms with Crippen molar-refractivity contribution in [2.75, 3.05) is 6.54 Å². The van der Waals surface area contributed by atoms with E-state index in [1.54, 1.807) is 11.3 Å². The second-order valence-corrected chi connectivity index (χ2v) is 8.93. The van der Waals surface area contributed by atoms with Gasteiger partial charge in [0.25, 0.3) is 0 Å². The summed E-state index contributed by atoms with van der Waals surface area (Å²) in [7, 11) is 0. The van der Waals surface area contributed by atoms with Crippen LogP contribution in [0.5, 0.6) is 0 Å². The maximum absolute atomic E-state index is 4.99. The molecule has 0 spiro atoms. The number of aromatic nitrogens is 3. The molecule has 4 nitrogen and oxygen atoms in total. The molecule has 0 amide bonds. The van der Waals surface area contributed by atoms with Crippen molar-refractivity contribution in [2.45, 2.75) is 57.5 Å². The van der Waals surface area contributed by atoms with Crippen molar-refractivity contribution >= 4 is 11.3 Å². The van der Waals surface area contributed by atoms with E-state index in [4.69, 9.17) is 9.97 Å². The van der Waals surface area contributed by atoms with Crippen molar-refractivity contribution in [3.63, 3.8) is 0 Å². The molecule has 5 heteroatoms. The van der Waals surface area contributed by atoms with Gasteiger partial charge in [0.15, 0.2) is 0 Å². The largest absolute Gasteiger partial charge is 0.293 e. The second-order valence-electron chi connectivity index (χ2n) is 7.99. The minimum absolute atomic E-state index is 0.586. The SMILES string of the molecule is c1ccc(-c2ncsc2CN2CCc3nc(C4CCCCC4)ncc3C2)cc1. The molecule has 2 aliphatic rings. The van der Waals surface area contributed by atoms with E-state index < -0.39 is 0 Å². The van der Waals surface area contributed by atoms with Gasteiger partial charge in [-0.1, -0.05) is 49.6 Å². The first kappa shape index (κ1) is 18.0. The van der Waals surface area contributed by atoms with Crippen LogP contribution in [-0.2, 0) is 19.5 Å². The fourth-order valence-corrected chi connectivity index (χ4v) is 5.32. The summed E-state index contributed by atoms with van der Waals surface area (Å²) in [6, 6.07) is 10.5. The molecule has 0 N–H and O–H groups in total. The highest BCUT2D eigenvalue weighted by Crippen LogP contribution is 2.32. The molecule has 2 aromatic heterocycles. The van der Waals surface area contributed by atoms with Crippen LogP contribution in [0.4, 0.5) is 0 Å². The third-order valence-corrected chi connectivity index (χ3v) is 6.88. The lowest BCUT2D eigenvalue weighted by Gasteiger charge is -2.29. The molecule has 0 unspecified atom stereocenters. The van der Waals surface area contributed by atoms with Gasteiger partial charge in [-0.2, -0.15) is 0 Å². The molecule has 1 saturated carbocycles. The monoisotopic (exact) mass is 390 g/mol. The Hall–Kier alpha value is -2.11. The maximum atomic E-state index is 4.99. The molecule has 0 radical (unpaired) electrons. The van der Waals surface area contributed by atoms with E-state index in [0.29, 0.717) is 5.92 Å². The Morgan fingerprint density at radius 1 is 1.04 bits per heavy atom. The van der Waals surface area contributed by atoms with Gasteiger partial charge < -0.3 is 0 Å². The van der Waals surface area contributed by atoms with Crippen LogP contribution in [-0.4, -0.2) is 26.4 Å². The van der Waals surface area contributed by atoms with Crippen molar-refractivity contribution in [1.82, 2.24) is 19.9 Å². The molecular formula is C23H26N4S. The zero-order valence-corrected chi connectivity index (χ0v) is 17.0. The lowest BCUT2D eigenvalue weighted by Crippen LogP contribution is -2.31. The fourth-order valence-electron chi connectivity index (χ4n) is 4.50. The topological polar surface area (TPSA) is 41.9 Å². The molecule has 1 aliphatic carbocycles. The number of benzene rings is 1. The van der Waals surface area contributed by atoms with Crippen LogP contribution < -0.4 is 0 Å². The average Bonchev–Trinajstić information content (AvgIpc) is 3.23. The summed E-state index contributed by atoms with van der Waals surface area (Å²) in [4.78, 5) is 18.2. The number of hydrogen-bond donors (Lipinski definition) is 0. The Balaban J connectivity index is 1.30. The van der Waals surface area contributed by atoms with E-state index in [2.05, 4.69) is 46.4 Å². The van der Waals surface area contributed by atoms with E-state index in [1.807, 2.05) is 5.51 Å². The summed E-state index contributed by atoms with van der Waals surface area (Å²) in [6.45, 7) is 2.94. The third kappa shape index (κ3) is 3.74. The summed E-state index contributed by atoms with van der Waals surface area (Å²) < 4.78 is 0. The molecule has 0 saturated heterocycles. The summed E-state index contributed by atoms with van der Waals surface area (Å²) in [5.74, 6) is 1.68. The van der Waals surface area contributed by atoms with E-state index in [-0.39, 0.29) is 0 Å². The lowest BCUT2D eigenvalue weighted by atomic mass is 9.88. The molecule has 3 heterocycles. The van der Waals surface area contributed by atoms with Crippen molar-refractivity contribution in [3.05, 3.63) is 64.0 Å². The molecular weight excluding hydrogens is 364 g/mol. The first-order valence-electron chi connectivity index (χ1n) is 10.4. The summed E-state index contributed by atoms with van der Waals surface area (Å²) in [5, 5.41) is 0. The van der Waals surface area contributed by atoms with Gasteiger partial charge in [-0.15, -0.1) is 11.3 Å². The predicted molar refractivity (Wildman–Crippen MR) is 113 cm³/mol. The standard InChI is InChI=1S/C23H26N4S/c1-3-7-17(8-4-1)22-21(28-16-25-22)15-27-12-11-20-19(14-27)13-24-23(26-20)18-9-5-2-6-10-18/h1,3-4,7-8,13,16,18H,2,5-6,9-12,14-15H2. The first-order chi connectivity index (χ1) is 13.9. The zero-order valence-electron chi connectivity index (χ0n) is 16.2. The molecule has 1 aliphatic heterocycles. The van der Waals surface area contributed by atoms with Gasteiger partial charge in [0.1, 0.15) is 5.82 Å². The Morgan fingerprint density at radius 3 is 2.75 bits per heavy atom. The van der Waals surface area contributed by atoms with Gasteiger partial charge in [-0.3, -0.25) is 4.90 Å². The van der Waals surface area contributed by atoms with Crippen LogP contribution in [0.2, 0.25) is 0 Å². The zero-order chi connectivity index (χ0) is 18.8. The minimum Gasteiger partial charge on any atom is -0.293 e. The highest BCUT2D eigenvalue weighted by Gasteiger charge is 2.23. The van der Waals surface area contributed by atoms with Crippen LogP contribution in [0.3, 0.4) is 0 Å². The van der Waals surface area contributed by atoms with Crippen LogP contribution in [0.15, 0.2) is 42.0 Å². The Bertz CT molecular complexity index is 931. The van der Waals surface area contributed by atoms with Crippen LogP contribution in [0.1, 0.15) is 60.0 Å². The number of rotatable bonds is 4. The Kier molecular flexibility index (Phi) is 5.19. The lowest BCUT2D eigenvalue weighted by molar-refractivity contribution is 0.244. The molecule has 1 aromatic carbocycles. The van der Waals surface area contributed by atoms with Gasteiger partial charge in [-0.05, 0) is 12.8 Å². The van der Waals surface area contributed by atoms with E-state index in [9.17, 15) is 0 Å². The van der Waals surface area contributed by atoms with Gasteiger partial charge in [0, 0.05) is 59.9 Å². The number of thiazole rings is 1. The van der Waals surface area contributed by atoms with Crippen LogP contribution >= 0.6 is 11.3 Å². The van der Waals surface area contributed by atoms with Crippen molar-refractivity contribution in [3.8, 4) is 11.3 Å². The van der Waals surface area contributed by atoms with Crippen LogP contribution in [0, 0.1) is 0 Å². The quantitative estimate of drug-likeness (QED) is 0.613. The molecule has 144 valence electrons. The summed E-state index contributed by atoms with van der Waals surface area (Å²) in [5.41, 5.74) is 6.88.